The van der Waals surface area contributed by atoms with Crippen molar-refractivity contribution in [2.75, 3.05) is 0 Å². The predicted octanol–water partition coefficient (Wildman–Crippen LogP) is 13.4. The first-order valence-electron chi connectivity index (χ1n) is 18.7. The van der Waals surface area contributed by atoms with Gasteiger partial charge in [-0.15, -0.1) is 11.8 Å². The van der Waals surface area contributed by atoms with Crippen molar-refractivity contribution in [2.45, 2.75) is 163 Å². The van der Waals surface area contributed by atoms with Gasteiger partial charge in [0.15, 0.2) is 0 Å². The zero-order chi connectivity index (χ0) is 32.1. The molecule has 0 amide bonds. The summed E-state index contributed by atoms with van der Waals surface area (Å²) < 4.78 is 1.56. The summed E-state index contributed by atoms with van der Waals surface area (Å²) in [5.74, 6) is 6.92. The number of rotatable bonds is 22. The van der Waals surface area contributed by atoms with Crippen LogP contribution in [0.3, 0.4) is 0 Å². The second-order valence-corrected chi connectivity index (χ2v) is 13.1. The maximum Gasteiger partial charge on any atom is 0.211 e. The molecule has 0 fully saturated rings. The molecule has 0 atom stereocenters. The van der Waals surface area contributed by atoms with Crippen LogP contribution in [-0.4, -0.2) is 4.70 Å². The summed E-state index contributed by atoms with van der Waals surface area (Å²) >= 11 is 0. The summed E-state index contributed by atoms with van der Waals surface area (Å²) in [5, 5.41) is 0. The Morgan fingerprint density at radius 3 is 1.78 bits per heavy atom. The van der Waals surface area contributed by atoms with E-state index in [1.165, 1.54) is 105 Å². The van der Waals surface area contributed by atoms with Gasteiger partial charge in [0, 0.05) is 35.1 Å². The van der Waals surface area contributed by atoms with Crippen LogP contribution < -0.4 is 0 Å². The van der Waals surface area contributed by atoms with Crippen molar-refractivity contribution in [3.8, 4) is 11.8 Å². The fourth-order valence-corrected chi connectivity index (χ4v) is 6.57. The second-order valence-electron chi connectivity index (χ2n) is 13.1. The summed E-state index contributed by atoms with van der Waals surface area (Å²) in [7, 11) is 0. The van der Waals surface area contributed by atoms with Crippen LogP contribution in [0.1, 0.15) is 172 Å². The van der Waals surface area contributed by atoms with Crippen molar-refractivity contribution < 1.29 is 4.70 Å². The normalized spacial score (nSPS) is 13.1. The number of hydrogen-bond donors (Lipinski definition) is 0. The van der Waals surface area contributed by atoms with Gasteiger partial charge >= 0.3 is 0 Å². The van der Waals surface area contributed by atoms with Gasteiger partial charge in [0.1, 0.15) is 0 Å². The molecule has 0 bridgehead atoms. The lowest BCUT2D eigenvalue weighted by molar-refractivity contribution is -0.345. The molecule has 1 heterocycles. The molecule has 1 aliphatic rings. The van der Waals surface area contributed by atoms with E-state index in [-0.39, 0.29) is 0 Å². The molecule has 1 aliphatic heterocycles. The molecule has 2 heteroatoms. The quantitative estimate of drug-likeness (QED) is 0.0724. The fraction of sp³-hybridized carbons (Fsp3) is 0.581. The molecule has 0 unspecified atom stereocenters. The van der Waals surface area contributed by atoms with Crippen LogP contribution in [0, 0.1) is 11.8 Å². The Labute approximate surface area is 277 Å². The van der Waals surface area contributed by atoms with Gasteiger partial charge in [-0.2, -0.15) is 0 Å². The van der Waals surface area contributed by atoms with Crippen LogP contribution in [0.5, 0.6) is 0 Å². The molecule has 0 radical (unpaired) electrons. The van der Waals surface area contributed by atoms with E-state index in [2.05, 4.69) is 88.1 Å². The molecule has 45 heavy (non-hydrogen) atoms. The number of aryl methyl sites for hydroxylation is 2. The standard InChI is InChI=1S/C43H62N2/c1-5-9-13-15-16-17-18-19-20-21-22-27-37-28-24-25-30-39(37)43-41(29-12-8-4)40(31-23-14-10-6-2)42(45(43)44)38-34-32-36(33-35-38)26-11-7-3/h24-25,28,30,32-35H,5-19,22-23,26-27,29,31H2,1-4H3. The maximum atomic E-state index is 12.1. The molecule has 0 saturated carbocycles. The van der Waals surface area contributed by atoms with Crippen LogP contribution >= 0.6 is 0 Å². The lowest BCUT2D eigenvalue weighted by atomic mass is 9.90. The Hall–Kier alpha value is -2.92. The average Bonchev–Trinajstić information content (AvgIpc) is 3.34. The monoisotopic (exact) mass is 606 g/mol. The van der Waals surface area contributed by atoms with Crippen LogP contribution in [0.2, 0.25) is 0 Å². The number of benzene rings is 2. The molecule has 244 valence electrons. The number of hydrogen-bond acceptors (Lipinski definition) is 0. The van der Waals surface area contributed by atoms with Gasteiger partial charge in [-0.05, 0) is 80.7 Å². The second kappa shape index (κ2) is 21.8. The number of nitrogens with zero attached hydrogens (tertiary/aromatic N) is 2. The van der Waals surface area contributed by atoms with E-state index in [0.29, 0.717) is 0 Å². The third-order valence-corrected chi connectivity index (χ3v) is 9.29. The lowest BCUT2D eigenvalue weighted by Gasteiger charge is -2.13. The highest BCUT2D eigenvalue weighted by Gasteiger charge is 2.35. The Morgan fingerprint density at radius 2 is 1.07 bits per heavy atom. The van der Waals surface area contributed by atoms with Crippen LogP contribution in [-0.2, 0) is 12.8 Å². The van der Waals surface area contributed by atoms with Gasteiger partial charge in [-0.1, -0.05) is 129 Å². The van der Waals surface area contributed by atoms with E-state index >= 15 is 0 Å². The van der Waals surface area contributed by atoms with E-state index < -0.39 is 0 Å². The van der Waals surface area contributed by atoms with Gasteiger partial charge in [-0.25, -0.2) is 4.70 Å². The minimum absolute atomic E-state index is 0.861. The molecule has 0 N–H and O–H groups in total. The molecule has 3 rings (SSSR count). The third-order valence-electron chi connectivity index (χ3n) is 9.29. The highest BCUT2D eigenvalue weighted by atomic mass is 15.2. The van der Waals surface area contributed by atoms with E-state index in [0.717, 1.165) is 74.7 Å². The summed E-state index contributed by atoms with van der Waals surface area (Å²) in [5.41, 5.74) is 21.7. The van der Waals surface area contributed by atoms with Crippen molar-refractivity contribution in [3.05, 3.63) is 87.5 Å². The maximum absolute atomic E-state index is 12.1. The van der Waals surface area contributed by atoms with E-state index in [1.807, 2.05) is 0 Å². The van der Waals surface area contributed by atoms with Gasteiger partial charge in [0.05, 0.1) is 0 Å². The molecule has 2 nitrogen and oxygen atoms in total. The lowest BCUT2D eigenvalue weighted by Crippen LogP contribution is -2.05. The highest BCUT2D eigenvalue weighted by molar-refractivity contribution is 5.82. The van der Waals surface area contributed by atoms with Gasteiger partial charge in [0.25, 0.3) is 0 Å². The molecule has 0 saturated heterocycles. The smallest absolute Gasteiger partial charge is 0.211 e. The fourth-order valence-electron chi connectivity index (χ4n) is 6.57. The van der Waals surface area contributed by atoms with Crippen molar-refractivity contribution in [1.29, 1.82) is 0 Å². The number of allylic oxidation sites excluding steroid dienone is 2. The predicted molar refractivity (Wildman–Crippen MR) is 196 cm³/mol. The van der Waals surface area contributed by atoms with Gasteiger partial charge in [-0.3, -0.25) is 0 Å². The van der Waals surface area contributed by atoms with Gasteiger partial charge < -0.3 is 5.53 Å². The third kappa shape index (κ3) is 11.7. The summed E-state index contributed by atoms with van der Waals surface area (Å²) in [6, 6.07) is 17.7. The van der Waals surface area contributed by atoms with E-state index in [1.54, 1.807) is 4.70 Å². The summed E-state index contributed by atoms with van der Waals surface area (Å²) in [4.78, 5) is 0. The zero-order valence-electron chi connectivity index (χ0n) is 29.4. The number of unbranched alkanes of at least 4 members (excludes halogenated alkanes) is 12. The largest absolute Gasteiger partial charge is 0.493 e. The minimum atomic E-state index is 0.861. The Kier molecular flexibility index (Phi) is 17.7. The molecular formula is C43H62N2. The Bertz CT molecular complexity index is 1280. The van der Waals surface area contributed by atoms with Crippen molar-refractivity contribution >= 4 is 11.4 Å². The van der Waals surface area contributed by atoms with Crippen LogP contribution in [0.4, 0.5) is 0 Å². The topological polar surface area (TPSA) is 25.3 Å². The Balaban J connectivity index is 1.84. The molecule has 0 spiro atoms. The first-order valence-corrected chi connectivity index (χ1v) is 18.7. The first-order chi connectivity index (χ1) is 22.2. The van der Waals surface area contributed by atoms with Crippen molar-refractivity contribution in [1.82, 2.24) is 0 Å². The van der Waals surface area contributed by atoms with E-state index in [9.17, 15) is 5.53 Å². The zero-order valence-corrected chi connectivity index (χ0v) is 29.4. The highest BCUT2D eigenvalue weighted by Crippen LogP contribution is 2.45. The average molecular weight is 607 g/mol. The molecule has 2 aromatic rings. The Morgan fingerprint density at radius 1 is 0.511 bits per heavy atom. The van der Waals surface area contributed by atoms with Crippen LogP contribution in [0.25, 0.3) is 16.9 Å². The minimum Gasteiger partial charge on any atom is -0.493 e. The molecule has 0 aliphatic carbocycles. The molecule has 0 aromatic heterocycles. The molecule has 2 aromatic carbocycles. The SMILES string of the molecule is CCCCCCCCCC#CCCc1ccccc1C1=C(CCCC)C(CCCCCC)=C(c2ccc(CCCC)cc2)[N+]1=[N-]. The first kappa shape index (κ1) is 36.5. The van der Waals surface area contributed by atoms with E-state index in [4.69, 9.17) is 0 Å². The summed E-state index contributed by atoms with van der Waals surface area (Å²) in [6.45, 7) is 9.07. The summed E-state index contributed by atoms with van der Waals surface area (Å²) in [6.07, 6.45) is 24.8. The molecular weight excluding hydrogens is 544 g/mol. The van der Waals surface area contributed by atoms with Crippen molar-refractivity contribution in [2.24, 2.45) is 0 Å². The van der Waals surface area contributed by atoms with Crippen LogP contribution in [0.15, 0.2) is 59.7 Å². The van der Waals surface area contributed by atoms with Crippen molar-refractivity contribution in [3.63, 3.8) is 0 Å². The van der Waals surface area contributed by atoms with Gasteiger partial charge in [0.2, 0.25) is 11.4 Å².